The molecule has 0 spiro atoms. The zero-order valence-corrected chi connectivity index (χ0v) is 12.9. The van der Waals surface area contributed by atoms with Crippen molar-refractivity contribution in [3.8, 4) is 0 Å². The third kappa shape index (κ3) is 4.73. The first-order valence-corrected chi connectivity index (χ1v) is 8.40. The zero-order valence-electron chi connectivity index (χ0n) is 12.9. The van der Waals surface area contributed by atoms with Crippen molar-refractivity contribution in [2.24, 2.45) is 5.92 Å². The highest BCUT2D eigenvalue weighted by molar-refractivity contribution is 4.85. The van der Waals surface area contributed by atoms with E-state index in [-0.39, 0.29) is 0 Å². The molecule has 1 aliphatic heterocycles. The largest absolute Gasteiger partial charge is 0.374 e. The Morgan fingerprint density at radius 3 is 2.74 bits per heavy atom. The summed E-state index contributed by atoms with van der Waals surface area (Å²) in [4.78, 5) is 2.58. The first-order chi connectivity index (χ1) is 9.33. The molecule has 112 valence electrons. The molecule has 2 rings (SSSR count). The lowest BCUT2D eigenvalue weighted by Gasteiger charge is -2.38. The van der Waals surface area contributed by atoms with E-state index >= 15 is 0 Å². The molecule has 1 N–H and O–H groups in total. The predicted octanol–water partition coefficient (Wildman–Crippen LogP) is 2.66. The summed E-state index contributed by atoms with van der Waals surface area (Å²) in [5.74, 6) is 0.939. The van der Waals surface area contributed by atoms with Crippen molar-refractivity contribution in [1.82, 2.24) is 10.2 Å². The van der Waals surface area contributed by atoms with Gasteiger partial charge >= 0.3 is 0 Å². The summed E-state index contributed by atoms with van der Waals surface area (Å²) >= 11 is 0. The molecular weight excluding hydrogens is 236 g/mol. The zero-order chi connectivity index (χ0) is 13.5. The number of hydrogen-bond acceptors (Lipinski definition) is 3. The number of morpholine rings is 1. The summed E-state index contributed by atoms with van der Waals surface area (Å²) in [6, 6.07) is 0.563. The topological polar surface area (TPSA) is 24.5 Å². The van der Waals surface area contributed by atoms with Crippen molar-refractivity contribution >= 4 is 0 Å². The molecule has 1 heterocycles. The Labute approximate surface area is 119 Å². The van der Waals surface area contributed by atoms with Crippen LogP contribution in [0.5, 0.6) is 0 Å². The average Bonchev–Trinajstić information content (AvgIpc) is 2.92. The monoisotopic (exact) mass is 268 g/mol. The van der Waals surface area contributed by atoms with Gasteiger partial charge in [-0.1, -0.05) is 39.5 Å². The van der Waals surface area contributed by atoms with E-state index < -0.39 is 0 Å². The van der Waals surface area contributed by atoms with Crippen molar-refractivity contribution < 1.29 is 4.74 Å². The Kier molecular flexibility index (Phi) is 6.62. The molecule has 2 fully saturated rings. The molecule has 2 aliphatic rings. The summed E-state index contributed by atoms with van der Waals surface area (Å²) in [5, 5.41) is 3.69. The summed E-state index contributed by atoms with van der Waals surface area (Å²) in [5.41, 5.74) is 0. The van der Waals surface area contributed by atoms with Crippen LogP contribution in [0.3, 0.4) is 0 Å². The highest BCUT2D eigenvalue weighted by atomic mass is 16.5. The van der Waals surface area contributed by atoms with E-state index in [1.54, 1.807) is 0 Å². The van der Waals surface area contributed by atoms with Crippen molar-refractivity contribution in [2.75, 3.05) is 32.8 Å². The third-order valence-corrected chi connectivity index (χ3v) is 4.69. The lowest BCUT2D eigenvalue weighted by molar-refractivity contribution is -0.0496. The molecule has 1 saturated heterocycles. The standard InChI is InChI=1S/C16H32N2O/c1-3-9-18-10-11-19-16(13-18)15(17-4-2)12-14-7-5-6-8-14/h14-17H,3-13H2,1-2H3. The second-order valence-corrected chi connectivity index (χ2v) is 6.26. The number of likely N-dealkylation sites (N-methyl/N-ethyl adjacent to an activating group) is 1. The van der Waals surface area contributed by atoms with Crippen LogP contribution < -0.4 is 5.32 Å². The summed E-state index contributed by atoms with van der Waals surface area (Å²) in [6.45, 7) is 9.92. The van der Waals surface area contributed by atoms with Crippen molar-refractivity contribution in [3.63, 3.8) is 0 Å². The second-order valence-electron chi connectivity index (χ2n) is 6.26. The first-order valence-electron chi connectivity index (χ1n) is 8.40. The molecule has 0 aromatic carbocycles. The number of nitrogens with one attached hydrogen (secondary N) is 1. The van der Waals surface area contributed by atoms with Crippen LogP contribution in [-0.4, -0.2) is 49.8 Å². The van der Waals surface area contributed by atoms with Gasteiger partial charge in [0.25, 0.3) is 0 Å². The second kappa shape index (κ2) is 8.23. The molecule has 0 aromatic heterocycles. The first kappa shape index (κ1) is 15.3. The molecular formula is C16H32N2O. The highest BCUT2D eigenvalue weighted by Gasteiger charge is 2.30. The van der Waals surface area contributed by atoms with Gasteiger partial charge in [-0.25, -0.2) is 0 Å². The summed E-state index contributed by atoms with van der Waals surface area (Å²) < 4.78 is 6.08. The van der Waals surface area contributed by atoms with Gasteiger partial charge in [-0.05, 0) is 31.8 Å². The molecule has 1 aliphatic carbocycles. The van der Waals surface area contributed by atoms with Crippen LogP contribution in [0.1, 0.15) is 52.4 Å². The molecule has 2 atom stereocenters. The van der Waals surface area contributed by atoms with Crippen LogP contribution in [0.2, 0.25) is 0 Å². The summed E-state index contributed by atoms with van der Waals surface area (Å²) in [6.07, 6.45) is 8.73. The van der Waals surface area contributed by atoms with Crippen LogP contribution in [0.4, 0.5) is 0 Å². The molecule has 1 saturated carbocycles. The number of ether oxygens (including phenoxy) is 1. The maximum atomic E-state index is 6.08. The number of rotatable bonds is 7. The van der Waals surface area contributed by atoms with E-state index in [1.807, 2.05) is 0 Å². The summed E-state index contributed by atoms with van der Waals surface area (Å²) in [7, 11) is 0. The Bertz CT molecular complexity index is 239. The van der Waals surface area contributed by atoms with Crippen LogP contribution in [0.25, 0.3) is 0 Å². The predicted molar refractivity (Wildman–Crippen MR) is 80.5 cm³/mol. The molecule has 0 aromatic rings. The van der Waals surface area contributed by atoms with Gasteiger partial charge in [0, 0.05) is 19.1 Å². The lowest BCUT2D eigenvalue weighted by atomic mass is 9.94. The SMILES string of the molecule is CCCN1CCOC(C(CC2CCCC2)NCC)C1. The van der Waals surface area contributed by atoms with Gasteiger partial charge in [-0.2, -0.15) is 0 Å². The normalized spacial score (nSPS) is 27.8. The van der Waals surface area contributed by atoms with Gasteiger partial charge in [0.05, 0.1) is 12.7 Å². The maximum Gasteiger partial charge on any atom is 0.0855 e. The highest BCUT2D eigenvalue weighted by Crippen LogP contribution is 2.30. The Balaban J connectivity index is 1.85. The van der Waals surface area contributed by atoms with Crippen LogP contribution in [0, 0.1) is 5.92 Å². The van der Waals surface area contributed by atoms with Gasteiger partial charge in [0.2, 0.25) is 0 Å². The maximum absolute atomic E-state index is 6.08. The number of hydrogen-bond donors (Lipinski definition) is 1. The van der Waals surface area contributed by atoms with E-state index in [0.717, 1.165) is 32.2 Å². The minimum absolute atomic E-state index is 0.404. The van der Waals surface area contributed by atoms with Gasteiger partial charge < -0.3 is 10.1 Å². The Morgan fingerprint density at radius 2 is 2.05 bits per heavy atom. The molecule has 0 bridgehead atoms. The van der Waals surface area contributed by atoms with Gasteiger partial charge in [0.15, 0.2) is 0 Å². The van der Waals surface area contributed by atoms with Crippen molar-refractivity contribution in [2.45, 2.75) is 64.5 Å². The van der Waals surface area contributed by atoms with Gasteiger partial charge in [-0.15, -0.1) is 0 Å². The Hall–Kier alpha value is -0.120. The van der Waals surface area contributed by atoms with E-state index in [0.29, 0.717) is 12.1 Å². The molecule has 3 nitrogen and oxygen atoms in total. The van der Waals surface area contributed by atoms with E-state index in [4.69, 9.17) is 4.74 Å². The number of nitrogens with zero attached hydrogens (tertiary/aromatic N) is 1. The lowest BCUT2D eigenvalue weighted by Crippen LogP contribution is -2.52. The smallest absolute Gasteiger partial charge is 0.0855 e. The van der Waals surface area contributed by atoms with Crippen LogP contribution >= 0.6 is 0 Å². The van der Waals surface area contributed by atoms with E-state index in [2.05, 4.69) is 24.1 Å². The molecule has 0 amide bonds. The quantitative estimate of drug-likeness (QED) is 0.768. The Morgan fingerprint density at radius 1 is 1.26 bits per heavy atom. The molecule has 0 radical (unpaired) electrons. The van der Waals surface area contributed by atoms with Crippen molar-refractivity contribution in [1.29, 1.82) is 0 Å². The minimum atomic E-state index is 0.404. The fourth-order valence-electron chi connectivity index (χ4n) is 3.73. The fourth-order valence-corrected chi connectivity index (χ4v) is 3.73. The average molecular weight is 268 g/mol. The molecule has 19 heavy (non-hydrogen) atoms. The fraction of sp³-hybridized carbons (Fsp3) is 1.00. The van der Waals surface area contributed by atoms with Crippen LogP contribution in [-0.2, 0) is 4.74 Å². The van der Waals surface area contributed by atoms with Crippen molar-refractivity contribution in [3.05, 3.63) is 0 Å². The van der Waals surface area contributed by atoms with Gasteiger partial charge in [0.1, 0.15) is 0 Å². The third-order valence-electron chi connectivity index (χ3n) is 4.69. The van der Waals surface area contributed by atoms with Crippen LogP contribution in [0.15, 0.2) is 0 Å². The molecule has 3 heteroatoms. The molecule has 2 unspecified atom stereocenters. The van der Waals surface area contributed by atoms with E-state index in [1.165, 1.54) is 45.1 Å². The van der Waals surface area contributed by atoms with Gasteiger partial charge in [-0.3, -0.25) is 4.90 Å². The minimum Gasteiger partial charge on any atom is -0.374 e. The van der Waals surface area contributed by atoms with E-state index in [9.17, 15) is 0 Å².